The highest BCUT2D eigenvalue weighted by molar-refractivity contribution is 7.91. The average molecular weight is 448 g/mol. The third kappa shape index (κ3) is 5.69. The molecule has 0 unspecified atom stereocenters. The van der Waals surface area contributed by atoms with Crippen LogP contribution in [0.25, 0.3) is 0 Å². The van der Waals surface area contributed by atoms with Gasteiger partial charge in [-0.3, -0.25) is 4.79 Å². The van der Waals surface area contributed by atoms with E-state index in [-0.39, 0.29) is 11.8 Å². The number of hydrogen-bond donors (Lipinski definition) is 1. The number of nitrogens with one attached hydrogen (secondary N) is 1. The number of halogens is 1. The smallest absolute Gasteiger partial charge is 0.252 e. The first-order valence-electron chi connectivity index (χ1n) is 10.1. The Morgan fingerprint density at radius 2 is 1.93 bits per heavy atom. The summed E-state index contributed by atoms with van der Waals surface area (Å²) in [7, 11) is -3.46. The molecule has 28 heavy (non-hydrogen) atoms. The molecule has 0 bridgehead atoms. The van der Waals surface area contributed by atoms with Gasteiger partial charge in [0.1, 0.15) is 4.21 Å². The Labute approximate surface area is 177 Å². The van der Waals surface area contributed by atoms with E-state index in [1.165, 1.54) is 30.2 Å². The van der Waals surface area contributed by atoms with E-state index in [1.54, 1.807) is 12.1 Å². The number of carbonyl (C=O) groups is 1. The molecule has 0 spiro atoms. The van der Waals surface area contributed by atoms with Crippen molar-refractivity contribution in [3.05, 3.63) is 16.5 Å². The molecule has 0 radical (unpaired) electrons. The second-order valence-corrected chi connectivity index (χ2v) is 11.7. The first kappa shape index (κ1) is 22.0. The molecule has 0 saturated carbocycles. The molecule has 6 nitrogen and oxygen atoms in total. The maximum absolute atomic E-state index is 12.6. The van der Waals surface area contributed by atoms with Gasteiger partial charge in [-0.1, -0.05) is 11.6 Å². The van der Waals surface area contributed by atoms with E-state index in [9.17, 15) is 13.2 Å². The average Bonchev–Trinajstić information content (AvgIpc) is 3.34. The fourth-order valence-electron chi connectivity index (χ4n) is 4.04. The minimum absolute atomic E-state index is 0.0833. The van der Waals surface area contributed by atoms with E-state index in [2.05, 4.69) is 17.1 Å². The van der Waals surface area contributed by atoms with Crippen molar-refractivity contribution in [2.24, 2.45) is 5.92 Å². The lowest BCUT2D eigenvalue weighted by Crippen LogP contribution is -2.39. The number of carbonyl (C=O) groups excluding carboxylic acids is 1. The molecule has 2 aliphatic rings. The number of amides is 1. The molecule has 1 N–H and O–H groups in total. The number of rotatable bonds is 8. The van der Waals surface area contributed by atoms with Gasteiger partial charge in [0.25, 0.3) is 10.0 Å². The van der Waals surface area contributed by atoms with Crippen molar-refractivity contribution in [1.29, 1.82) is 0 Å². The van der Waals surface area contributed by atoms with Gasteiger partial charge < -0.3 is 10.2 Å². The zero-order valence-corrected chi connectivity index (χ0v) is 18.8. The Morgan fingerprint density at radius 1 is 1.25 bits per heavy atom. The minimum Gasteiger partial charge on any atom is -0.356 e. The Hall–Kier alpha value is -0.670. The predicted molar refractivity (Wildman–Crippen MR) is 113 cm³/mol. The van der Waals surface area contributed by atoms with E-state index in [0.717, 1.165) is 30.6 Å². The normalized spacial score (nSPS) is 21.1. The van der Waals surface area contributed by atoms with E-state index < -0.39 is 10.0 Å². The SMILES string of the molecule is C[C@@H](CCNC(=O)CC1CCN(S(=O)(=O)c2ccc(Cl)s2)CC1)N1CCCC1. The Kier molecular flexibility index (Phi) is 7.78. The summed E-state index contributed by atoms with van der Waals surface area (Å²) < 4.78 is 27.6. The molecule has 158 valence electrons. The number of likely N-dealkylation sites (tertiary alicyclic amines) is 1. The van der Waals surface area contributed by atoms with E-state index in [0.29, 0.717) is 40.6 Å². The second-order valence-electron chi connectivity index (χ2n) is 7.84. The van der Waals surface area contributed by atoms with Crippen LogP contribution in [0.2, 0.25) is 4.34 Å². The van der Waals surface area contributed by atoms with Crippen molar-refractivity contribution in [3.8, 4) is 0 Å². The molecule has 0 aliphatic carbocycles. The lowest BCUT2D eigenvalue weighted by atomic mass is 9.94. The summed E-state index contributed by atoms with van der Waals surface area (Å²) in [6, 6.07) is 3.69. The number of thiophene rings is 1. The first-order valence-corrected chi connectivity index (χ1v) is 12.8. The van der Waals surface area contributed by atoms with Crippen LogP contribution in [0.4, 0.5) is 0 Å². The van der Waals surface area contributed by atoms with Crippen LogP contribution in [0.3, 0.4) is 0 Å². The molecule has 1 aromatic rings. The molecule has 1 aromatic heterocycles. The van der Waals surface area contributed by atoms with Crippen molar-refractivity contribution in [2.75, 3.05) is 32.7 Å². The summed E-state index contributed by atoms with van der Waals surface area (Å²) in [5, 5.41) is 3.04. The maximum atomic E-state index is 12.6. The predicted octanol–water partition coefficient (Wildman–Crippen LogP) is 3.18. The van der Waals surface area contributed by atoms with Crippen LogP contribution in [0.1, 0.15) is 45.4 Å². The first-order chi connectivity index (χ1) is 13.4. The number of nitrogens with zero attached hydrogens (tertiary/aromatic N) is 2. The van der Waals surface area contributed by atoms with Gasteiger partial charge in [-0.2, -0.15) is 4.31 Å². The van der Waals surface area contributed by atoms with Gasteiger partial charge in [-0.15, -0.1) is 11.3 Å². The van der Waals surface area contributed by atoms with Gasteiger partial charge in [-0.05, 0) is 70.2 Å². The zero-order chi connectivity index (χ0) is 20.1. The number of sulfonamides is 1. The van der Waals surface area contributed by atoms with E-state index in [4.69, 9.17) is 11.6 Å². The maximum Gasteiger partial charge on any atom is 0.252 e. The lowest BCUT2D eigenvalue weighted by molar-refractivity contribution is -0.122. The van der Waals surface area contributed by atoms with Crippen LogP contribution in [0.15, 0.2) is 16.3 Å². The van der Waals surface area contributed by atoms with Crippen LogP contribution in [-0.4, -0.2) is 62.3 Å². The quantitative estimate of drug-likeness (QED) is 0.664. The monoisotopic (exact) mass is 447 g/mol. The number of piperidine rings is 1. The summed E-state index contributed by atoms with van der Waals surface area (Å²) in [6.07, 6.45) is 5.46. The van der Waals surface area contributed by atoms with Crippen LogP contribution >= 0.6 is 22.9 Å². The van der Waals surface area contributed by atoms with Gasteiger partial charge in [0.15, 0.2) is 0 Å². The van der Waals surface area contributed by atoms with Crippen molar-refractivity contribution < 1.29 is 13.2 Å². The van der Waals surface area contributed by atoms with Gasteiger partial charge >= 0.3 is 0 Å². The van der Waals surface area contributed by atoms with Crippen molar-refractivity contribution in [1.82, 2.24) is 14.5 Å². The van der Waals surface area contributed by atoms with Crippen molar-refractivity contribution in [3.63, 3.8) is 0 Å². The molecular formula is C19H30ClN3O3S2. The van der Waals surface area contributed by atoms with Gasteiger partial charge in [0.2, 0.25) is 5.91 Å². The van der Waals surface area contributed by atoms with Crippen molar-refractivity contribution in [2.45, 2.75) is 55.7 Å². The largest absolute Gasteiger partial charge is 0.356 e. The molecule has 2 saturated heterocycles. The second kappa shape index (κ2) is 9.89. The highest BCUT2D eigenvalue weighted by atomic mass is 35.5. The molecule has 1 atom stereocenters. The molecule has 1 amide bonds. The Bertz CT molecular complexity index is 754. The summed E-state index contributed by atoms with van der Waals surface area (Å²) in [5.74, 6) is 0.328. The van der Waals surface area contributed by atoms with E-state index in [1.807, 2.05) is 0 Å². The standard InChI is InChI=1S/C19H30ClN3O3S2/c1-15(22-10-2-3-11-22)6-9-21-18(24)14-16-7-12-23(13-8-16)28(25,26)19-5-4-17(20)27-19/h4-5,15-16H,2-3,6-14H2,1H3,(H,21,24)/t15-/m0/s1. The molecule has 9 heteroatoms. The summed E-state index contributed by atoms with van der Waals surface area (Å²) in [5.41, 5.74) is 0. The van der Waals surface area contributed by atoms with E-state index >= 15 is 0 Å². The summed E-state index contributed by atoms with van der Waals surface area (Å²) in [6.45, 7) is 6.21. The number of hydrogen-bond acceptors (Lipinski definition) is 5. The fourth-order valence-corrected chi connectivity index (χ4v) is 7.14. The van der Waals surface area contributed by atoms with Crippen LogP contribution < -0.4 is 5.32 Å². The third-order valence-electron chi connectivity index (χ3n) is 5.84. The molecule has 0 aromatic carbocycles. The van der Waals surface area contributed by atoms with Gasteiger partial charge in [-0.25, -0.2) is 8.42 Å². The Morgan fingerprint density at radius 3 is 2.54 bits per heavy atom. The highest BCUT2D eigenvalue weighted by Gasteiger charge is 2.31. The topological polar surface area (TPSA) is 69.7 Å². The van der Waals surface area contributed by atoms with Crippen LogP contribution in [0, 0.1) is 5.92 Å². The summed E-state index contributed by atoms with van der Waals surface area (Å²) >= 11 is 6.96. The molecule has 3 rings (SSSR count). The molecule has 2 aliphatic heterocycles. The van der Waals surface area contributed by atoms with Gasteiger partial charge in [0, 0.05) is 32.1 Å². The lowest BCUT2D eigenvalue weighted by Gasteiger charge is -2.30. The zero-order valence-electron chi connectivity index (χ0n) is 16.4. The molecule has 3 heterocycles. The third-order valence-corrected chi connectivity index (χ3v) is 9.44. The highest BCUT2D eigenvalue weighted by Crippen LogP contribution is 2.31. The molecular weight excluding hydrogens is 418 g/mol. The summed E-state index contributed by atoms with van der Waals surface area (Å²) in [4.78, 5) is 14.7. The van der Waals surface area contributed by atoms with Gasteiger partial charge in [0.05, 0.1) is 4.34 Å². The van der Waals surface area contributed by atoms with Crippen LogP contribution in [-0.2, 0) is 14.8 Å². The van der Waals surface area contributed by atoms with Crippen molar-refractivity contribution >= 4 is 38.9 Å². The fraction of sp³-hybridized carbons (Fsp3) is 0.737. The Balaban J connectivity index is 1.37. The van der Waals surface area contributed by atoms with Crippen LogP contribution in [0.5, 0.6) is 0 Å². The molecule has 2 fully saturated rings. The minimum atomic E-state index is -3.46.